The van der Waals surface area contributed by atoms with Crippen LogP contribution in [-0.4, -0.2) is 80.3 Å². The van der Waals surface area contributed by atoms with E-state index >= 15 is 0 Å². The van der Waals surface area contributed by atoms with Gasteiger partial charge in [0.15, 0.2) is 0 Å². The van der Waals surface area contributed by atoms with Crippen molar-refractivity contribution in [3.8, 4) is 0 Å². The number of likely N-dealkylation sites (tertiary alicyclic amines) is 1. The molecule has 13 heteroatoms. The Hall–Kier alpha value is -4.39. The molecule has 2 saturated heterocycles. The first-order valence-corrected chi connectivity index (χ1v) is 15.8. The second-order valence-corrected chi connectivity index (χ2v) is 13.2. The number of carbonyl (C=O) groups is 4. The third kappa shape index (κ3) is 5.50. The third-order valence-corrected chi connectivity index (χ3v) is 9.84. The number of aryl methyl sites for hydroxylation is 1. The van der Waals surface area contributed by atoms with Crippen LogP contribution in [0.15, 0.2) is 47.4 Å². The number of rotatable bonds is 6. The molecule has 4 aliphatic rings. The molecule has 2 N–H and O–H groups in total. The van der Waals surface area contributed by atoms with Crippen LogP contribution in [0, 0.1) is 0 Å². The molecule has 5 heterocycles. The molecule has 4 amide bonds. The van der Waals surface area contributed by atoms with Crippen LogP contribution in [0.3, 0.4) is 0 Å². The SMILES string of the molecule is CN1C[C@H](Nc2cnn(C)c(=O)c2Cl)C[C@H](c2ccc(CN3Cc4cc5c(cc4C3)C(=O)N(C3CCC(=O)NC3=O)C5=O)cc2)C1. The molecule has 7 rings (SSSR count). The van der Waals surface area contributed by atoms with Gasteiger partial charge in [-0.1, -0.05) is 35.9 Å². The standard InChI is InChI=1S/C33H34ClN7O5/c1-38-14-20(9-23(17-38)36-26-12-35-39(2)33(46)29(26)34)19-5-3-18(4-6-19)13-40-15-21-10-24-25(11-22(21)16-40)32(45)41(31(24)44)27-7-8-28(42)37-30(27)43/h3-6,10-12,20,23,27,36H,7-9,13-17H2,1-2H3,(H,37,42,43)/t20-,23+,27?/m0/s1. The summed E-state index contributed by atoms with van der Waals surface area (Å²) in [4.78, 5) is 68.2. The lowest BCUT2D eigenvalue weighted by atomic mass is 9.87. The van der Waals surface area contributed by atoms with E-state index in [2.05, 4.69) is 56.8 Å². The molecule has 0 saturated carbocycles. The zero-order valence-corrected chi connectivity index (χ0v) is 26.3. The number of hydrogen-bond donors (Lipinski definition) is 2. The molecule has 2 fully saturated rings. The zero-order valence-electron chi connectivity index (χ0n) is 25.6. The van der Waals surface area contributed by atoms with Crippen molar-refractivity contribution in [1.29, 1.82) is 0 Å². The molecule has 2 aromatic carbocycles. The average molecular weight is 644 g/mol. The Morgan fingerprint density at radius 3 is 2.28 bits per heavy atom. The van der Waals surface area contributed by atoms with E-state index in [4.69, 9.17) is 11.6 Å². The number of hydrogen-bond acceptors (Lipinski definition) is 9. The highest BCUT2D eigenvalue weighted by Gasteiger charge is 2.45. The molecular formula is C33H34ClN7O5. The van der Waals surface area contributed by atoms with Gasteiger partial charge in [-0.15, -0.1) is 0 Å². The second kappa shape index (κ2) is 11.8. The number of anilines is 1. The molecule has 0 spiro atoms. The summed E-state index contributed by atoms with van der Waals surface area (Å²) in [6.45, 7) is 3.75. The number of fused-ring (bicyclic) bond motifs is 2. The van der Waals surface area contributed by atoms with Crippen LogP contribution in [0.5, 0.6) is 0 Å². The minimum Gasteiger partial charge on any atom is -0.378 e. The van der Waals surface area contributed by atoms with Gasteiger partial charge in [-0.3, -0.25) is 39.1 Å². The van der Waals surface area contributed by atoms with Gasteiger partial charge in [0, 0.05) is 52.2 Å². The van der Waals surface area contributed by atoms with E-state index in [9.17, 15) is 24.0 Å². The fourth-order valence-corrected chi connectivity index (χ4v) is 7.43. The van der Waals surface area contributed by atoms with E-state index in [0.29, 0.717) is 42.4 Å². The lowest BCUT2D eigenvalue weighted by molar-refractivity contribution is -0.136. The molecule has 3 aromatic rings. The van der Waals surface area contributed by atoms with Gasteiger partial charge in [-0.25, -0.2) is 4.68 Å². The van der Waals surface area contributed by atoms with Crippen molar-refractivity contribution >= 4 is 40.9 Å². The van der Waals surface area contributed by atoms with E-state index in [0.717, 1.165) is 41.1 Å². The Kier molecular flexibility index (Phi) is 7.74. The van der Waals surface area contributed by atoms with Gasteiger partial charge in [0.1, 0.15) is 11.1 Å². The molecule has 0 aliphatic carbocycles. The molecule has 0 radical (unpaired) electrons. The predicted molar refractivity (Wildman–Crippen MR) is 169 cm³/mol. The molecule has 238 valence electrons. The molecule has 46 heavy (non-hydrogen) atoms. The van der Waals surface area contributed by atoms with Gasteiger partial charge in [0.2, 0.25) is 11.8 Å². The molecule has 12 nitrogen and oxygen atoms in total. The number of halogens is 1. The highest BCUT2D eigenvalue weighted by molar-refractivity contribution is 6.33. The molecule has 3 atom stereocenters. The fourth-order valence-electron chi connectivity index (χ4n) is 7.20. The van der Waals surface area contributed by atoms with Gasteiger partial charge >= 0.3 is 0 Å². The Balaban J connectivity index is 0.991. The quantitative estimate of drug-likeness (QED) is 0.388. The largest absolute Gasteiger partial charge is 0.378 e. The van der Waals surface area contributed by atoms with Crippen LogP contribution in [0.4, 0.5) is 5.69 Å². The van der Waals surface area contributed by atoms with Crippen LogP contribution in [0.25, 0.3) is 0 Å². The average Bonchev–Trinajstić information content (AvgIpc) is 3.53. The van der Waals surface area contributed by atoms with E-state index in [1.807, 2.05) is 0 Å². The van der Waals surface area contributed by atoms with Crippen molar-refractivity contribution in [3.63, 3.8) is 0 Å². The first kappa shape index (κ1) is 30.3. The summed E-state index contributed by atoms with van der Waals surface area (Å²) in [6.07, 6.45) is 2.72. The van der Waals surface area contributed by atoms with E-state index in [-0.39, 0.29) is 29.5 Å². The van der Waals surface area contributed by atoms with Crippen molar-refractivity contribution in [2.45, 2.75) is 56.9 Å². The van der Waals surface area contributed by atoms with Crippen LogP contribution in [0.1, 0.15) is 68.2 Å². The van der Waals surface area contributed by atoms with Crippen LogP contribution >= 0.6 is 11.6 Å². The first-order chi connectivity index (χ1) is 22.0. The summed E-state index contributed by atoms with van der Waals surface area (Å²) >= 11 is 6.30. The molecular weight excluding hydrogens is 610 g/mol. The summed E-state index contributed by atoms with van der Waals surface area (Å²) in [5, 5.41) is 9.91. The molecule has 1 aromatic heterocycles. The number of imide groups is 2. The Morgan fingerprint density at radius 1 is 0.957 bits per heavy atom. The lowest BCUT2D eigenvalue weighted by Gasteiger charge is -2.37. The highest BCUT2D eigenvalue weighted by Crippen LogP contribution is 2.34. The number of nitrogens with one attached hydrogen (secondary N) is 2. The number of carbonyl (C=O) groups excluding carboxylic acids is 4. The zero-order chi connectivity index (χ0) is 32.3. The maximum atomic E-state index is 13.2. The number of amides is 4. The Bertz CT molecular complexity index is 1800. The number of nitrogens with zero attached hydrogens (tertiary/aromatic N) is 5. The number of piperidine rings is 2. The maximum Gasteiger partial charge on any atom is 0.287 e. The smallest absolute Gasteiger partial charge is 0.287 e. The fraction of sp³-hybridized carbons (Fsp3) is 0.394. The van der Waals surface area contributed by atoms with Gasteiger partial charge in [-0.05, 0) is 60.2 Å². The lowest BCUT2D eigenvalue weighted by Crippen LogP contribution is -2.54. The van der Waals surface area contributed by atoms with Gasteiger partial charge in [0.05, 0.1) is 23.0 Å². The minimum atomic E-state index is -0.967. The predicted octanol–water partition coefficient (Wildman–Crippen LogP) is 2.25. The van der Waals surface area contributed by atoms with Gasteiger partial charge in [0.25, 0.3) is 17.4 Å². The minimum absolute atomic E-state index is 0.0938. The van der Waals surface area contributed by atoms with Crippen LogP contribution < -0.4 is 16.2 Å². The van der Waals surface area contributed by atoms with Crippen molar-refractivity contribution in [2.24, 2.45) is 7.05 Å². The normalized spacial score (nSPS) is 23.5. The summed E-state index contributed by atoms with van der Waals surface area (Å²) in [6, 6.07) is 11.4. The maximum absolute atomic E-state index is 13.2. The van der Waals surface area contributed by atoms with E-state index in [1.165, 1.54) is 10.2 Å². The monoisotopic (exact) mass is 643 g/mol. The van der Waals surface area contributed by atoms with Gasteiger partial charge < -0.3 is 10.2 Å². The summed E-state index contributed by atoms with van der Waals surface area (Å²) in [7, 11) is 3.66. The Labute approximate surface area is 270 Å². The van der Waals surface area contributed by atoms with Crippen LogP contribution in [-0.2, 0) is 36.3 Å². The van der Waals surface area contributed by atoms with Crippen molar-refractivity contribution in [1.82, 2.24) is 29.8 Å². The van der Waals surface area contributed by atoms with E-state index < -0.39 is 29.7 Å². The highest BCUT2D eigenvalue weighted by atomic mass is 35.5. The Morgan fingerprint density at radius 2 is 1.63 bits per heavy atom. The number of likely N-dealkylation sites (N-methyl/N-ethyl adjacent to an activating group) is 1. The topological polar surface area (TPSA) is 137 Å². The van der Waals surface area contributed by atoms with Gasteiger partial charge in [-0.2, -0.15) is 5.10 Å². The number of benzene rings is 2. The summed E-state index contributed by atoms with van der Waals surface area (Å²) in [5.41, 5.74) is 5.26. The number of aromatic nitrogens is 2. The van der Waals surface area contributed by atoms with Crippen molar-refractivity contribution < 1.29 is 19.2 Å². The first-order valence-electron chi connectivity index (χ1n) is 15.4. The molecule has 1 unspecified atom stereocenters. The summed E-state index contributed by atoms with van der Waals surface area (Å²) < 4.78 is 1.22. The van der Waals surface area contributed by atoms with E-state index in [1.54, 1.807) is 25.4 Å². The summed E-state index contributed by atoms with van der Waals surface area (Å²) in [5.74, 6) is -1.66. The molecule has 4 aliphatic heterocycles. The molecule has 0 bridgehead atoms. The van der Waals surface area contributed by atoms with Crippen LogP contribution in [0.2, 0.25) is 5.02 Å². The van der Waals surface area contributed by atoms with Crippen molar-refractivity contribution in [3.05, 3.63) is 91.4 Å². The third-order valence-electron chi connectivity index (χ3n) is 9.48. The second-order valence-electron chi connectivity index (χ2n) is 12.8. The van der Waals surface area contributed by atoms with Crippen molar-refractivity contribution in [2.75, 3.05) is 25.5 Å².